The number of carbonyl (C=O) groups excluding carboxylic acids is 1. The Bertz CT molecular complexity index is 1000. The van der Waals surface area contributed by atoms with Gasteiger partial charge in [0, 0.05) is 0 Å². The molecule has 0 aromatic heterocycles. The third-order valence-electron chi connectivity index (χ3n) is 7.74. The highest BCUT2D eigenvalue weighted by Gasteiger charge is 2.60. The lowest BCUT2D eigenvalue weighted by atomic mass is 9.69. The number of amides is 1. The highest BCUT2D eigenvalue weighted by molar-refractivity contribution is 6.27. The van der Waals surface area contributed by atoms with Crippen LogP contribution in [0.4, 0.5) is 11.4 Å². The first-order valence-corrected chi connectivity index (χ1v) is 12.5. The molecule has 0 N–H and O–H groups in total. The van der Waals surface area contributed by atoms with Crippen molar-refractivity contribution in [1.82, 2.24) is 4.90 Å². The predicted octanol–water partition coefficient (Wildman–Crippen LogP) is 5.89. The molecule has 3 fully saturated rings. The van der Waals surface area contributed by atoms with Gasteiger partial charge >= 0.3 is 0 Å². The SMILES string of the molecule is COc1ccc(N=C2C(N3CCCCC3)C3(CCCCC3)C(=O)N2c2ccc(C)cc2)cc1. The Kier molecular flexibility index (Phi) is 6.24. The van der Waals surface area contributed by atoms with Crippen LogP contribution in [0.1, 0.15) is 56.9 Å². The van der Waals surface area contributed by atoms with Crippen molar-refractivity contribution in [2.24, 2.45) is 10.4 Å². The Morgan fingerprint density at radius 3 is 2.15 bits per heavy atom. The number of aliphatic imine (C=N–C) groups is 1. The summed E-state index contributed by atoms with van der Waals surface area (Å²) in [6.07, 6.45) is 9.03. The van der Waals surface area contributed by atoms with Crippen molar-refractivity contribution < 1.29 is 9.53 Å². The monoisotopic (exact) mass is 445 g/mol. The molecule has 1 saturated carbocycles. The fourth-order valence-corrected chi connectivity index (χ4v) is 6.02. The molecule has 2 heterocycles. The summed E-state index contributed by atoms with van der Waals surface area (Å²) in [6.45, 7) is 4.17. The van der Waals surface area contributed by atoms with Crippen LogP contribution in [0.5, 0.6) is 5.75 Å². The minimum absolute atomic E-state index is 0.0361. The first kappa shape index (κ1) is 22.1. The van der Waals surface area contributed by atoms with Crippen LogP contribution >= 0.6 is 0 Å². The second-order valence-corrected chi connectivity index (χ2v) is 9.86. The average Bonchev–Trinajstić information content (AvgIpc) is 3.08. The molecule has 174 valence electrons. The van der Waals surface area contributed by atoms with E-state index in [-0.39, 0.29) is 17.4 Å². The van der Waals surface area contributed by atoms with Gasteiger partial charge in [0.05, 0.1) is 29.9 Å². The van der Waals surface area contributed by atoms with Gasteiger partial charge in [-0.1, -0.05) is 43.4 Å². The first-order chi connectivity index (χ1) is 16.1. The summed E-state index contributed by atoms with van der Waals surface area (Å²) in [6, 6.07) is 16.2. The molecular formula is C28H35N3O2. The van der Waals surface area contributed by atoms with Crippen molar-refractivity contribution in [3.8, 4) is 5.75 Å². The summed E-state index contributed by atoms with van der Waals surface area (Å²) in [5.41, 5.74) is 2.62. The van der Waals surface area contributed by atoms with Gasteiger partial charge < -0.3 is 4.74 Å². The van der Waals surface area contributed by atoms with Crippen LogP contribution < -0.4 is 9.64 Å². The lowest BCUT2D eigenvalue weighted by Crippen LogP contribution is -2.52. The summed E-state index contributed by atoms with van der Waals surface area (Å²) in [5, 5.41) is 0. The third-order valence-corrected chi connectivity index (χ3v) is 7.74. The molecule has 5 rings (SSSR count). The summed E-state index contributed by atoms with van der Waals surface area (Å²) in [5.74, 6) is 1.96. The third kappa shape index (κ3) is 4.08. The van der Waals surface area contributed by atoms with Crippen LogP contribution in [0, 0.1) is 12.3 Å². The summed E-state index contributed by atoms with van der Waals surface area (Å²) in [7, 11) is 1.68. The van der Waals surface area contributed by atoms with E-state index in [1.807, 2.05) is 29.2 Å². The fourth-order valence-electron chi connectivity index (χ4n) is 6.02. The van der Waals surface area contributed by atoms with Gasteiger partial charge in [-0.3, -0.25) is 14.6 Å². The first-order valence-electron chi connectivity index (χ1n) is 12.5. The van der Waals surface area contributed by atoms with E-state index in [4.69, 9.17) is 9.73 Å². The molecule has 1 atom stereocenters. The fraction of sp³-hybridized carbons (Fsp3) is 0.500. The van der Waals surface area contributed by atoms with Crippen LogP contribution in [0.15, 0.2) is 53.5 Å². The number of ether oxygens (including phenoxy) is 1. The zero-order valence-corrected chi connectivity index (χ0v) is 19.9. The molecule has 1 spiro atoms. The normalized spacial score (nSPS) is 24.5. The van der Waals surface area contributed by atoms with Gasteiger partial charge in [0.2, 0.25) is 5.91 Å². The van der Waals surface area contributed by atoms with Gasteiger partial charge in [0.1, 0.15) is 11.6 Å². The number of amidine groups is 1. The smallest absolute Gasteiger partial charge is 0.240 e. The minimum Gasteiger partial charge on any atom is -0.497 e. The van der Waals surface area contributed by atoms with Crippen molar-refractivity contribution in [2.75, 3.05) is 25.1 Å². The Balaban J connectivity index is 1.66. The molecule has 1 unspecified atom stereocenters. The zero-order valence-electron chi connectivity index (χ0n) is 19.9. The minimum atomic E-state index is -0.369. The number of likely N-dealkylation sites (tertiary alicyclic amines) is 1. The number of aryl methyl sites for hydroxylation is 1. The second kappa shape index (κ2) is 9.30. The summed E-state index contributed by atoms with van der Waals surface area (Å²) >= 11 is 0. The standard InChI is InChI=1S/C28H35N3O2/c1-21-9-13-23(14-10-21)31-26(29-22-11-15-24(33-2)16-12-22)25(30-19-7-4-8-20-30)28(27(31)32)17-5-3-6-18-28/h9-16,25H,3-8,17-20H2,1-2H3. The molecule has 2 aromatic carbocycles. The van der Waals surface area contributed by atoms with Crippen molar-refractivity contribution in [3.05, 3.63) is 54.1 Å². The average molecular weight is 446 g/mol. The van der Waals surface area contributed by atoms with Gasteiger partial charge in [0.15, 0.2) is 0 Å². The Morgan fingerprint density at radius 1 is 0.879 bits per heavy atom. The topological polar surface area (TPSA) is 45.1 Å². The van der Waals surface area contributed by atoms with E-state index in [0.29, 0.717) is 0 Å². The molecule has 2 saturated heterocycles. The van der Waals surface area contributed by atoms with E-state index in [2.05, 4.69) is 36.1 Å². The van der Waals surface area contributed by atoms with Crippen molar-refractivity contribution in [2.45, 2.75) is 64.3 Å². The molecule has 2 aliphatic heterocycles. The largest absolute Gasteiger partial charge is 0.497 e. The molecule has 0 bridgehead atoms. The van der Waals surface area contributed by atoms with Crippen LogP contribution in [-0.2, 0) is 4.79 Å². The molecule has 0 radical (unpaired) electrons. The summed E-state index contributed by atoms with van der Waals surface area (Å²) in [4.78, 5) is 24.0. The number of hydrogen-bond donors (Lipinski definition) is 0. The highest BCUT2D eigenvalue weighted by Crippen LogP contribution is 2.50. The molecule has 33 heavy (non-hydrogen) atoms. The van der Waals surface area contributed by atoms with Gasteiger partial charge in [-0.2, -0.15) is 0 Å². The number of piperidine rings is 1. The maximum Gasteiger partial charge on any atom is 0.240 e. The van der Waals surface area contributed by atoms with Crippen LogP contribution in [-0.4, -0.2) is 42.9 Å². The van der Waals surface area contributed by atoms with E-state index < -0.39 is 0 Å². The maximum absolute atomic E-state index is 14.3. The van der Waals surface area contributed by atoms with E-state index in [9.17, 15) is 4.79 Å². The maximum atomic E-state index is 14.3. The Morgan fingerprint density at radius 2 is 1.52 bits per heavy atom. The molecule has 3 aliphatic rings. The Hall–Kier alpha value is -2.66. The van der Waals surface area contributed by atoms with Crippen LogP contribution in [0.25, 0.3) is 0 Å². The van der Waals surface area contributed by atoms with Crippen LogP contribution in [0.3, 0.4) is 0 Å². The number of rotatable bonds is 4. The number of benzene rings is 2. The Labute approximate surface area is 197 Å². The van der Waals surface area contributed by atoms with E-state index in [1.54, 1.807) is 7.11 Å². The van der Waals surface area contributed by atoms with Gasteiger partial charge in [0.25, 0.3) is 0 Å². The lowest BCUT2D eigenvalue weighted by molar-refractivity contribution is -0.130. The van der Waals surface area contributed by atoms with Gasteiger partial charge in [-0.15, -0.1) is 0 Å². The van der Waals surface area contributed by atoms with Crippen molar-refractivity contribution >= 4 is 23.1 Å². The van der Waals surface area contributed by atoms with E-state index >= 15 is 0 Å². The van der Waals surface area contributed by atoms with Crippen molar-refractivity contribution in [1.29, 1.82) is 0 Å². The molecule has 1 aliphatic carbocycles. The van der Waals surface area contributed by atoms with E-state index in [1.165, 1.54) is 31.2 Å². The molecule has 2 aromatic rings. The zero-order chi connectivity index (χ0) is 22.8. The predicted molar refractivity (Wildman–Crippen MR) is 133 cm³/mol. The van der Waals surface area contributed by atoms with Crippen LogP contribution in [0.2, 0.25) is 0 Å². The molecular weight excluding hydrogens is 410 g/mol. The summed E-state index contributed by atoms with van der Waals surface area (Å²) < 4.78 is 5.34. The van der Waals surface area contributed by atoms with Gasteiger partial charge in [-0.25, -0.2) is 4.99 Å². The highest BCUT2D eigenvalue weighted by atomic mass is 16.5. The molecule has 5 nitrogen and oxygen atoms in total. The number of carbonyl (C=O) groups is 1. The molecule has 5 heteroatoms. The van der Waals surface area contributed by atoms with E-state index in [0.717, 1.165) is 61.7 Å². The second-order valence-electron chi connectivity index (χ2n) is 9.86. The molecule has 1 amide bonds. The number of hydrogen-bond acceptors (Lipinski definition) is 4. The lowest BCUT2D eigenvalue weighted by Gasteiger charge is -2.42. The van der Waals surface area contributed by atoms with Crippen molar-refractivity contribution in [3.63, 3.8) is 0 Å². The number of nitrogens with zero attached hydrogens (tertiary/aromatic N) is 3. The number of methoxy groups -OCH3 is 1. The quantitative estimate of drug-likeness (QED) is 0.590. The van der Waals surface area contributed by atoms with Gasteiger partial charge in [-0.05, 0) is 82.1 Å². The number of anilines is 1.